The first-order valence-corrected chi connectivity index (χ1v) is 5.47. The van der Waals surface area contributed by atoms with Gasteiger partial charge in [0.15, 0.2) is 0 Å². The number of nitrogens with one attached hydrogen (secondary N) is 1. The molecule has 1 aliphatic rings. The molecule has 12 heavy (non-hydrogen) atoms. The highest BCUT2D eigenvalue weighted by atomic mass is 14.8. The normalized spacial score (nSPS) is 16.5. The second-order valence-electron chi connectivity index (χ2n) is 2.88. The Balaban J connectivity index is 0. The Hall–Kier alpha value is -0.0400. The summed E-state index contributed by atoms with van der Waals surface area (Å²) in [4.78, 5) is 0. The summed E-state index contributed by atoms with van der Waals surface area (Å²) in [6.07, 6.45) is 4.25. The predicted octanol–water partition coefficient (Wildman–Crippen LogP) is 3.45. The molecule has 1 aliphatic carbocycles. The van der Waals surface area contributed by atoms with E-state index in [1.807, 2.05) is 34.7 Å². The molecule has 1 nitrogen and oxygen atoms in total. The van der Waals surface area contributed by atoms with Crippen LogP contribution in [0.25, 0.3) is 0 Å². The maximum absolute atomic E-state index is 3.22. The van der Waals surface area contributed by atoms with E-state index in [1.54, 1.807) is 0 Å². The van der Waals surface area contributed by atoms with Crippen molar-refractivity contribution in [3.8, 4) is 0 Å². The summed E-state index contributed by atoms with van der Waals surface area (Å²) >= 11 is 0. The standard InChI is InChI=1S/C7H15N.2C2H6/c1-3-7(4-5-7)6-8-2;2*1-2/h8H,3-6H2,1-2H3;2*1-2H3. The SMILES string of the molecule is CC.CC.CCC1(CNC)CC1. The van der Waals surface area contributed by atoms with Crippen molar-refractivity contribution in [3.05, 3.63) is 0 Å². The Morgan fingerprint density at radius 2 is 1.50 bits per heavy atom. The van der Waals surface area contributed by atoms with Gasteiger partial charge in [0, 0.05) is 6.54 Å². The van der Waals surface area contributed by atoms with Gasteiger partial charge in [-0.3, -0.25) is 0 Å². The molecule has 0 saturated heterocycles. The zero-order valence-electron chi connectivity index (χ0n) is 9.83. The van der Waals surface area contributed by atoms with Crippen LogP contribution in [0.1, 0.15) is 53.9 Å². The van der Waals surface area contributed by atoms with E-state index < -0.39 is 0 Å². The Bertz CT molecular complexity index is 75.1. The summed E-state index contributed by atoms with van der Waals surface area (Å²) in [5.41, 5.74) is 0.731. The first kappa shape index (κ1) is 14.5. The van der Waals surface area contributed by atoms with Gasteiger partial charge in [0.05, 0.1) is 0 Å². The average molecular weight is 173 g/mol. The van der Waals surface area contributed by atoms with Crippen molar-refractivity contribution in [1.29, 1.82) is 0 Å². The lowest BCUT2D eigenvalue weighted by Crippen LogP contribution is -2.18. The van der Waals surface area contributed by atoms with Crippen molar-refractivity contribution in [2.75, 3.05) is 13.6 Å². The molecule has 1 saturated carbocycles. The monoisotopic (exact) mass is 173 g/mol. The summed E-state index contributed by atoms with van der Waals surface area (Å²) in [7, 11) is 2.04. The fourth-order valence-corrected chi connectivity index (χ4v) is 1.21. The largest absolute Gasteiger partial charge is 0.319 e. The summed E-state index contributed by atoms with van der Waals surface area (Å²) in [5, 5.41) is 3.22. The molecule has 0 aromatic carbocycles. The third kappa shape index (κ3) is 5.59. The van der Waals surface area contributed by atoms with Crippen molar-refractivity contribution < 1.29 is 0 Å². The summed E-state index contributed by atoms with van der Waals surface area (Å²) in [6, 6.07) is 0. The molecule has 0 aromatic rings. The molecule has 0 aliphatic heterocycles. The van der Waals surface area contributed by atoms with E-state index in [-0.39, 0.29) is 0 Å². The lowest BCUT2D eigenvalue weighted by atomic mass is 10.1. The Morgan fingerprint density at radius 3 is 1.58 bits per heavy atom. The van der Waals surface area contributed by atoms with Gasteiger partial charge in [-0.2, -0.15) is 0 Å². The molecule has 0 atom stereocenters. The highest BCUT2D eigenvalue weighted by molar-refractivity contribution is 4.92. The van der Waals surface area contributed by atoms with E-state index in [2.05, 4.69) is 12.2 Å². The number of hydrogen-bond acceptors (Lipinski definition) is 1. The molecule has 0 bridgehead atoms. The van der Waals surface area contributed by atoms with Crippen molar-refractivity contribution in [1.82, 2.24) is 5.32 Å². The van der Waals surface area contributed by atoms with Gasteiger partial charge in [-0.05, 0) is 31.7 Å². The molecular weight excluding hydrogens is 146 g/mol. The van der Waals surface area contributed by atoms with Crippen LogP contribution in [0.5, 0.6) is 0 Å². The second-order valence-corrected chi connectivity index (χ2v) is 2.88. The molecule has 1 fully saturated rings. The van der Waals surface area contributed by atoms with E-state index in [4.69, 9.17) is 0 Å². The minimum atomic E-state index is 0.731. The summed E-state index contributed by atoms with van der Waals surface area (Å²) < 4.78 is 0. The van der Waals surface area contributed by atoms with Crippen LogP contribution in [0.15, 0.2) is 0 Å². The van der Waals surface area contributed by atoms with Gasteiger partial charge < -0.3 is 5.32 Å². The zero-order chi connectivity index (χ0) is 10.0. The average Bonchev–Trinajstić information content (AvgIpc) is 2.93. The molecule has 76 valence electrons. The predicted molar refractivity (Wildman–Crippen MR) is 58.6 cm³/mol. The molecular formula is C11H27N. The quantitative estimate of drug-likeness (QED) is 0.689. The maximum Gasteiger partial charge on any atom is 0.000471 e. The van der Waals surface area contributed by atoms with E-state index in [9.17, 15) is 0 Å². The molecule has 1 rings (SSSR count). The van der Waals surface area contributed by atoms with Gasteiger partial charge in [0.25, 0.3) is 0 Å². The van der Waals surface area contributed by atoms with Crippen LogP contribution in [0.2, 0.25) is 0 Å². The number of rotatable bonds is 3. The van der Waals surface area contributed by atoms with Gasteiger partial charge in [0.1, 0.15) is 0 Å². The molecule has 0 heterocycles. The summed E-state index contributed by atoms with van der Waals surface area (Å²) in [6.45, 7) is 11.5. The van der Waals surface area contributed by atoms with Crippen LogP contribution in [-0.4, -0.2) is 13.6 Å². The number of hydrogen-bond donors (Lipinski definition) is 1. The Morgan fingerprint density at radius 1 is 1.08 bits per heavy atom. The smallest absolute Gasteiger partial charge is 0.000471 e. The van der Waals surface area contributed by atoms with Crippen LogP contribution < -0.4 is 5.32 Å². The van der Waals surface area contributed by atoms with E-state index >= 15 is 0 Å². The second kappa shape index (κ2) is 9.05. The van der Waals surface area contributed by atoms with E-state index in [0.29, 0.717) is 0 Å². The van der Waals surface area contributed by atoms with E-state index in [0.717, 1.165) is 5.41 Å². The first-order chi connectivity index (χ1) is 5.83. The lowest BCUT2D eigenvalue weighted by molar-refractivity contribution is 0.465. The van der Waals surface area contributed by atoms with Gasteiger partial charge in [0.2, 0.25) is 0 Å². The molecule has 0 amide bonds. The van der Waals surface area contributed by atoms with Gasteiger partial charge in [-0.15, -0.1) is 0 Å². The Labute approximate surface area is 78.9 Å². The molecule has 0 radical (unpaired) electrons. The molecule has 0 aromatic heterocycles. The van der Waals surface area contributed by atoms with Crippen LogP contribution in [0.3, 0.4) is 0 Å². The van der Waals surface area contributed by atoms with Crippen molar-refractivity contribution in [2.24, 2.45) is 5.41 Å². The maximum atomic E-state index is 3.22. The van der Waals surface area contributed by atoms with Crippen LogP contribution >= 0.6 is 0 Å². The highest BCUT2D eigenvalue weighted by Crippen LogP contribution is 2.47. The van der Waals surface area contributed by atoms with Gasteiger partial charge in [-0.1, -0.05) is 34.6 Å². The minimum absolute atomic E-state index is 0.731. The van der Waals surface area contributed by atoms with Crippen molar-refractivity contribution >= 4 is 0 Å². The molecule has 1 heteroatoms. The van der Waals surface area contributed by atoms with Crippen molar-refractivity contribution in [2.45, 2.75) is 53.9 Å². The third-order valence-corrected chi connectivity index (χ3v) is 2.26. The van der Waals surface area contributed by atoms with Gasteiger partial charge >= 0.3 is 0 Å². The Kier molecular flexibility index (Phi) is 10.9. The molecule has 1 N–H and O–H groups in total. The molecule has 0 unspecified atom stereocenters. The molecule has 0 spiro atoms. The minimum Gasteiger partial charge on any atom is -0.319 e. The fraction of sp³-hybridized carbons (Fsp3) is 1.00. The van der Waals surface area contributed by atoms with Gasteiger partial charge in [-0.25, -0.2) is 0 Å². The van der Waals surface area contributed by atoms with E-state index in [1.165, 1.54) is 25.8 Å². The van der Waals surface area contributed by atoms with Crippen LogP contribution in [0, 0.1) is 5.41 Å². The lowest BCUT2D eigenvalue weighted by Gasteiger charge is -2.09. The van der Waals surface area contributed by atoms with Crippen molar-refractivity contribution in [3.63, 3.8) is 0 Å². The van der Waals surface area contributed by atoms with Crippen LogP contribution in [0.4, 0.5) is 0 Å². The first-order valence-electron chi connectivity index (χ1n) is 5.47. The van der Waals surface area contributed by atoms with Crippen LogP contribution in [-0.2, 0) is 0 Å². The topological polar surface area (TPSA) is 12.0 Å². The summed E-state index contributed by atoms with van der Waals surface area (Å²) in [5.74, 6) is 0. The zero-order valence-corrected chi connectivity index (χ0v) is 9.83. The fourth-order valence-electron chi connectivity index (χ4n) is 1.21. The third-order valence-electron chi connectivity index (χ3n) is 2.26. The highest BCUT2D eigenvalue weighted by Gasteiger charge is 2.39.